The molecule has 1 aromatic carbocycles. The number of benzene rings is 1. The van der Waals surface area contributed by atoms with Gasteiger partial charge in [0.15, 0.2) is 9.84 Å². The van der Waals surface area contributed by atoms with Crippen molar-refractivity contribution in [3.63, 3.8) is 0 Å². The quantitative estimate of drug-likeness (QED) is 0.869. The summed E-state index contributed by atoms with van der Waals surface area (Å²) in [4.78, 5) is 11.8. The molecule has 0 heterocycles. The summed E-state index contributed by atoms with van der Waals surface area (Å²) >= 11 is 0. The molecule has 1 unspecified atom stereocenters. The lowest BCUT2D eigenvalue weighted by atomic mass is 10.1. The van der Waals surface area contributed by atoms with E-state index in [-0.39, 0.29) is 24.1 Å². The first-order chi connectivity index (χ1) is 9.56. The Morgan fingerprint density at radius 2 is 1.95 bits per heavy atom. The van der Waals surface area contributed by atoms with Crippen molar-refractivity contribution in [2.24, 2.45) is 11.7 Å². The van der Waals surface area contributed by atoms with Crippen LogP contribution in [-0.2, 0) is 20.4 Å². The Bertz CT molecular complexity index is 604. The number of carbonyl (C=O) groups is 1. The van der Waals surface area contributed by atoms with E-state index in [0.29, 0.717) is 11.3 Å². The molecule has 5 nitrogen and oxygen atoms in total. The third-order valence-electron chi connectivity index (χ3n) is 3.29. The van der Waals surface area contributed by atoms with E-state index >= 15 is 0 Å². The first-order valence-electron chi connectivity index (χ1n) is 6.89. The van der Waals surface area contributed by atoms with Crippen LogP contribution in [0.15, 0.2) is 24.3 Å². The zero-order valence-electron chi connectivity index (χ0n) is 13.0. The van der Waals surface area contributed by atoms with Crippen molar-refractivity contribution in [1.82, 2.24) is 0 Å². The van der Waals surface area contributed by atoms with Gasteiger partial charge in [-0.2, -0.15) is 0 Å². The van der Waals surface area contributed by atoms with Gasteiger partial charge >= 0.3 is 0 Å². The zero-order chi connectivity index (χ0) is 16.3. The van der Waals surface area contributed by atoms with Gasteiger partial charge in [-0.25, -0.2) is 8.42 Å². The smallest absolute Gasteiger partial charge is 0.228 e. The number of sulfone groups is 1. The van der Waals surface area contributed by atoms with Gasteiger partial charge in [0, 0.05) is 18.2 Å². The van der Waals surface area contributed by atoms with Gasteiger partial charge in [0.25, 0.3) is 0 Å². The summed E-state index contributed by atoms with van der Waals surface area (Å²) in [5.41, 5.74) is 6.69. The van der Waals surface area contributed by atoms with Crippen molar-refractivity contribution in [1.29, 1.82) is 0 Å². The molecule has 3 N–H and O–H groups in total. The van der Waals surface area contributed by atoms with Gasteiger partial charge in [0.05, 0.1) is 10.5 Å². The molecule has 21 heavy (non-hydrogen) atoms. The van der Waals surface area contributed by atoms with Gasteiger partial charge in [0.2, 0.25) is 5.91 Å². The van der Waals surface area contributed by atoms with E-state index < -0.39 is 14.6 Å². The Labute approximate surface area is 126 Å². The molecule has 1 aromatic rings. The largest absolute Gasteiger partial charge is 0.330 e. The molecule has 0 aliphatic heterocycles. The van der Waals surface area contributed by atoms with Crippen molar-refractivity contribution in [2.45, 2.75) is 38.2 Å². The normalized spacial score (nSPS) is 13.8. The van der Waals surface area contributed by atoms with Gasteiger partial charge in [0.1, 0.15) is 0 Å². The lowest BCUT2D eigenvalue weighted by Crippen LogP contribution is -2.29. The van der Waals surface area contributed by atoms with Crippen molar-refractivity contribution in [2.75, 3.05) is 11.9 Å². The summed E-state index contributed by atoms with van der Waals surface area (Å²) in [6.45, 7) is 7.04. The number of nitrogens with two attached hydrogens (primary N) is 1. The molecule has 0 aromatic heterocycles. The second kappa shape index (κ2) is 6.58. The van der Waals surface area contributed by atoms with Crippen LogP contribution in [0.5, 0.6) is 0 Å². The topological polar surface area (TPSA) is 89.3 Å². The Balaban J connectivity index is 2.90. The summed E-state index contributed by atoms with van der Waals surface area (Å²) in [7, 11) is -3.25. The van der Waals surface area contributed by atoms with Crippen molar-refractivity contribution in [3.8, 4) is 0 Å². The second-order valence-electron chi connectivity index (χ2n) is 6.20. The SMILES string of the molecule is CC(CN)C(=O)Nc1cccc(CS(=O)(=O)C(C)(C)C)c1. The number of nitrogens with one attached hydrogen (secondary N) is 1. The highest BCUT2D eigenvalue weighted by Gasteiger charge is 2.29. The van der Waals surface area contributed by atoms with Crippen molar-refractivity contribution in [3.05, 3.63) is 29.8 Å². The van der Waals surface area contributed by atoms with Crippen LogP contribution in [0.4, 0.5) is 5.69 Å². The molecule has 1 amide bonds. The highest BCUT2D eigenvalue weighted by atomic mass is 32.2. The molecule has 0 aliphatic carbocycles. The Hall–Kier alpha value is -1.40. The third kappa shape index (κ3) is 4.82. The number of amides is 1. The second-order valence-corrected chi connectivity index (χ2v) is 8.94. The van der Waals surface area contributed by atoms with E-state index in [4.69, 9.17) is 5.73 Å². The predicted molar refractivity (Wildman–Crippen MR) is 85.7 cm³/mol. The number of rotatable bonds is 5. The molecule has 0 spiro atoms. The van der Waals surface area contributed by atoms with Gasteiger partial charge in [-0.05, 0) is 38.5 Å². The molecule has 1 atom stereocenters. The van der Waals surface area contributed by atoms with E-state index in [1.807, 2.05) is 0 Å². The minimum atomic E-state index is -3.25. The lowest BCUT2D eigenvalue weighted by molar-refractivity contribution is -0.119. The van der Waals surface area contributed by atoms with Crippen molar-refractivity contribution >= 4 is 21.4 Å². The maximum atomic E-state index is 12.2. The maximum absolute atomic E-state index is 12.2. The summed E-state index contributed by atoms with van der Waals surface area (Å²) in [6.07, 6.45) is 0. The van der Waals surface area contributed by atoms with Crippen LogP contribution in [0.25, 0.3) is 0 Å². The molecule has 6 heteroatoms. The highest BCUT2D eigenvalue weighted by Crippen LogP contribution is 2.22. The fraction of sp³-hybridized carbons (Fsp3) is 0.533. The number of hydrogen-bond acceptors (Lipinski definition) is 4. The number of anilines is 1. The van der Waals surface area contributed by atoms with E-state index in [0.717, 1.165) is 0 Å². The highest BCUT2D eigenvalue weighted by molar-refractivity contribution is 7.91. The fourth-order valence-electron chi connectivity index (χ4n) is 1.55. The minimum absolute atomic E-state index is 0.0490. The van der Waals surface area contributed by atoms with E-state index in [1.165, 1.54) is 0 Å². The average molecular weight is 312 g/mol. The molecule has 0 saturated heterocycles. The van der Waals surface area contributed by atoms with Gasteiger partial charge in [-0.3, -0.25) is 4.79 Å². The standard InChI is InChI=1S/C15H24N2O3S/c1-11(9-16)14(18)17-13-7-5-6-12(8-13)10-21(19,20)15(2,3)4/h5-8,11H,9-10,16H2,1-4H3,(H,17,18). The van der Waals surface area contributed by atoms with E-state index in [2.05, 4.69) is 5.32 Å². The predicted octanol–water partition coefficient (Wildman–Crippen LogP) is 1.93. The molecule has 1 rings (SSSR count). The fourth-order valence-corrected chi connectivity index (χ4v) is 2.60. The minimum Gasteiger partial charge on any atom is -0.330 e. The monoisotopic (exact) mass is 312 g/mol. The Kier molecular flexibility index (Phi) is 5.53. The third-order valence-corrected chi connectivity index (χ3v) is 5.86. The van der Waals surface area contributed by atoms with E-state index in [1.54, 1.807) is 52.0 Å². The van der Waals surface area contributed by atoms with Crippen molar-refractivity contribution < 1.29 is 13.2 Å². The number of hydrogen-bond donors (Lipinski definition) is 2. The maximum Gasteiger partial charge on any atom is 0.228 e. The first kappa shape index (κ1) is 17.7. The van der Waals surface area contributed by atoms with Gasteiger partial charge in [-0.1, -0.05) is 19.1 Å². The molecular weight excluding hydrogens is 288 g/mol. The molecule has 0 saturated carbocycles. The summed E-state index contributed by atoms with van der Waals surface area (Å²) in [5.74, 6) is -0.507. The van der Waals surface area contributed by atoms with Crippen LogP contribution >= 0.6 is 0 Å². The van der Waals surface area contributed by atoms with Crippen LogP contribution in [-0.4, -0.2) is 25.6 Å². The molecular formula is C15H24N2O3S. The van der Waals surface area contributed by atoms with Gasteiger partial charge < -0.3 is 11.1 Å². The molecule has 0 fully saturated rings. The van der Waals surface area contributed by atoms with Crippen LogP contribution in [0.2, 0.25) is 0 Å². The van der Waals surface area contributed by atoms with Crippen LogP contribution in [0.3, 0.4) is 0 Å². The number of carbonyl (C=O) groups excluding carboxylic acids is 1. The Morgan fingerprint density at radius 3 is 2.48 bits per heavy atom. The first-order valence-corrected chi connectivity index (χ1v) is 8.54. The Morgan fingerprint density at radius 1 is 1.33 bits per heavy atom. The molecule has 118 valence electrons. The molecule has 0 radical (unpaired) electrons. The molecule has 0 aliphatic rings. The van der Waals surface area contributed by atoms with Gasteiger partial charge in [-0.15, -0.1) is 0 Å². The van der Waals surface area contributed by atoms with Crippen LogP contribution in [0.1, 0.15) is 33.3 Å². The average Bonchev–Trinajstić information content (AvgIpc) is 2.36. The summed E-state index contributed by atoms with van der Waals surface area (Å²) in [6, 6.07) is 6.89. The van der Waals surface area contributed by atoms with Crippen LogP contribution < -0.4 is 11.1 Å². The summed E-state index contributed by atoms with van der Waals surface area (Å²) < 4.78 is 23.6. The zero-order valence-corrected chi connectivity index (χ0v) is 13.8. The lowest BCUT2D eigenvalue weighted by Gasteiger charge is -2.19. The van der Waals surface area contributed by atoms with E-state index in [9.17, 15) is 13.2 Å². The summed E-state index contributed by atoms with van der Waals surface area (Å²) in [5, 5.41) is 2.74. The molecule has 0 bridgehead atoms. The van der Waals surface area contributed by atoms with Crippen LogP contribution in [0, 0.1) is 5.92 Å².